The van der Waals surface area contributed by atoms with Crippen molar-refractivity contribution < 1.29 is 32.3 Å². The second-order valence-electron chi connectivity index (χ2n) is 9.83. The lowest BCUT2D eigenvalue weighted by atomic mass is 10.1. The Bertz CT molecular complexity index is 1250. The number of anilines is 1. The van der Waals surface area contributed by atoms with E-state index in [1.54, 1.807) is 0 Å². The second-order valence-corrected chi connectivity index (χ2v) is 9.83. The Morgan fingerprint density at radius 2 is 1.82 bits per heavy atom. The molecule has 1 atom stereocenters. The van der Waals surface area contributed by atoms with Gasteiger partial charge in [-0.05, 0) is 51.0 Å². The SMILES string of the molecule is CC[N+](CC)(C(N)=O)c1cc(CN2CC[C@H](NC(=O)CNC(=O)c3cc(OC(F)(F)F)ccc3N)C2)ccc1C. The monoisotopic (exact) mass is 565 g/mol. The highest BCUT2D eigenvalue weighted by Crippen LogP contribution is 2.30. The van der Waals surface area contributed by atoms with Crippen LogP contribution in [0.1, 0.15) is 41.8 Å². The first-order valence-corrected chi connectivity index (χ1v) is 13.0. The van der Waals surface area contributed by atoms with Crippen LogP contribution < -0.4 is 31.3 Å². The molecule has 40 heavy (non-hydrogen) atoms. The Balaban J connectivity index is 1.55. The average molecular weight is 566 g/mol. The number of carbonyl (C=O) groups excluding carboxylic acids is 3. The molecule has 0 saturated carbocycles. The summed E-state index contributed by atoms with van der Waals surface area (Å²) >= 11 is 0. The maximum atomic E-state index is 12.5. The highest BCUT2D eigenvalue weighted by molar-refractivity contribution is 6.01. The van der Waals surface area contributed by atoms with Gasteiger partial charge in [-0.25, -0.2) is 9.28 Å². The smallest absolute Gasteiger partial charge is 0.406 e. The molecule has 218 valence electrons. The standard InChI is InChI=1S/C27H35F3N6O4/c1-4-36(5-2,26(32)39)23-12-18(7-6-17(23)3)15-35-11-10-19(16-35)34-24(37)14-33-25(38)21-13-20(8-9-22(21)31)40-27(28,29)30/h6-9,12-13,19H,4-5,10-11,14-16H2,1-3H3,(H5-,31,32,33,34,37,38,39)/p+1/t19-/m0/s1. The van der Waals surface area contributed by atoms with Crippen LogP contribution in [-0.4, -0.2) is 67.9 Å². The third-order valence-corrected chi connectivity index (χ3v) is 7.19. The fraction of sp³-hybridized carbons (Fsp3) is 0.444. The number of hydrogen-bond acceptors (Lipinski definition) is 6. The molecule has 1 aliphatic heterocycles. The van der Waals surface area contributed by atoms with Gasteiger partial charge in [0, 0.05) is 43.0 Å². The van der Waals surface area contributed by atoms with Gasteiger partial charge >= 0.3 is 12.4 Å². The summed E-state index contributed by atoms with van der Waals surface area (Å²) in [4.78, 5) is 39.5. The third kappa shape index (κ3) is 7.42. The molecule has 0 unspecified atom stereocenters. The molecular formula is C27H36F3N6O4+. The van der Waals surface area contributed by atoms with Crippen LogP contribution in [0.2, 0.25) is 0 Å². The number of halogens is 3. The normalized spacial score (nSPS) is 16.0. The number of carbonyl (C=O) groups is 3. The first-order valence-electron chi connectivity index (χ1n) is 13.0. The van der Waals surface area contributed by atoms with Gasteiger partial charge in [0.05, 0.1) is 25.2 Å². The Morgan fingerprint density at radius 1 is 1.12 bits per heavy atom. The van der Waals surface area contributed by atoms with E-state index in [4.69, 9.17) is 11.5 Å². The summed E-state index contributed by atoms with van der Waals surface area (Å²) < 4.78 is 41.3. The van der Waals surface area contributed by atoms with E-state index >= 15 is 0 Å². The van der Waals surface area contributed by atoms with Crippen LogP contribution in [0.25, 0.3) is 0 Å². The van der Waals surface area contributed by atoms with E-state index in [2.05, 4.69) is 20.3 Å². The molecular weight excluding hydrogens is 529 g/mol. The molecule has 1 fully saturated rings. The number of benzene rings is 2. The number of hydrogen-bond donors (Lipinski definition) is 4. The van der Waals surface area contributed by atoms with Gasteiger partial charge < -0.3 is 26.8 Å². The van der Waals surface area contributed by atoms with Gasteiger partial charge in [-0.1, -0.05) is 12.1 Å². The van der Waals surface area contributed by atoms with Gasteiger partial charge in [-0.3, -0.25) is 14.5 Å². The third-order valence-electron chi connectivity index (χ3n) is 7.19. The summed E-state index contributed by atoms with van der Waals surface area (Å²) in [6, 6.07) is 8.47. The summed E-state index contributed by atoms with van der Waals surface area (Å²) in [5.74, 6) is -1.83. The number of ether oxygens (including phenoxy) is 1. The topological polar surface area (TPSA) is 140 Å². The van der Waals surface area contributed by atoms with Crippen LogP contribution in [-0.2, 0) is 11.3 Å². The van der Waals surface area contributed by atoms with Crippen LogP contribution in [0.5, 0.6) is 5.75 Å². The Kier molecular flexibility index (Phi) is 9.64. The van der Waals surface area contributed by atoms with Gasteiger partial charge in [0.15, 0.2) is 0 Å². The van der Waals surface area contributed by atoms with E-state index in [1.165, 1.54) is 0 Å². The second kappa shape index (κ2) is 12.6. The summed E-state index contributed by atoms with van der Waals surface area (Å²) in [6.45, 7) is 8.50. The fourth-order valence-electron chi connectivity index (χ4n) is 5.03. The largest absolute Gasteiger partial charge is 0.573 e. The molecule has 1 aliphatic rings. The number of urea groups is 1. The maximum absolute atomic E-state index is 12.5. The van der Waals surface area contributed by atoms with E-state index in [0.717, 1.165) is 41.6 Å². The number of quaternary nitrogens is 1. The van der Waals surface area contributed by atoms with Gasteiger partial charge in [-0.2, -0.15) is 0 Å². The molecule has 3 rings (SSSR count). The fourth-order valence-corrected chi connectivity index (χ4v) is 5.03. The van der Waals surface area contributed by atoms with E-state index in [9.17, 15) is 27.6 Å². The van der Waals surface area contributed by atoms with E-state index in [-0.39, 0.29) is 28.3 Å². The number of nitrogen functional groups attached to an aromatic ring is 1. The van der Waals surface area contributed by atoms with Crippen LogP contribution in [0.15, 0.2) is 36.4 Å². The number of aryl methyl sites for hydroxylation is 1. The highest BCUT2D eigenvalue weighted by atomic mass is 19.4. The molecule has 0 bridgehead atoms. The Morgan fingerprint density at radius 3 is 2.45 bits per heavy atom. The van der Waals surface area contributed by atoms with Crippen molar-refractivity contribution in [2.45, 2.75) is 46.1 Å². The van der Waals surface area contributed by atoms with Crippen molar-refractivity contribution in [1.82, 2.24) is 20.0 Å². The molecule has 10 nitrogen and oxygen atoms in total. The van der Waals surface area contributed by atoms with Crippen molar-refractivity contribution in [1.29, 1.82) is 0 Å². The van der Waals surface area contributed by atoms with Crippen LogP contribution in [0, 0.1) is 6.92 Å². The molecule has 0 aromatic heterocycles. The minimum Gasteiger partial charge on any atom is -0.406 e. The predicted molar refractivity (Wildman–Crippen MR) is 145 cm³/mol. The molecule has 6 N–H and O–H groups in total. The zero-order valence-electron chi connectivity index (χ0n) is 22.8. The van der Waals surface area contributed by atoms with Gasteiger partial charge in [0.25, 0.3) is 5.91 Å². The molecule has 1 saturated heterocycles. The molecule has 0 spiro atoms. The van der Waals surface area contributed by atoms with Crippen molar-refractivity contribution in [2.75, 3.05) is 38.5 Å². The average Bonchev–Trinajstić information content (AvgIpc) is 3.32. The van der Waals surface area contributed by atoms with Crippen molar-refractivity contribution >= 4 is 29.2 Å². The first kappa shape index (κ1) is 30.7. The Hall–Kier alpha value is -3.84. The number of primary amides is 1. The van der Waals surface area contributed by atoms with Crippen molar-refractivity contribution in [3.8, 4) is 5.75 Å². The number of nitrogens with two attached hydrogens (primary N) is 2. The zero-order chi connectivity index (χ0) is 29.7. The summed E-state index contributed by atoms with van der Waals surface area (Å²) in [7, 11) is 0. The van der Waals surface area contributed by atoms with E-state index < -0.39 is 30.0 Å². The number of alkyl halides is 3. The molecule has 4 amide bonds. The van der Waals surface area contributed by atoms with Gasteiger partial charge in [0.2, 0.25) is 5.91 Å². The predicted octanol–water partition coefficient (Wildman–Crippen LogP) is 3.02. The van der Waals surface area contributed by atoms with Gasteiger partial charge in [-0.15, -0.1) is 13.2 Å². The zero-order valence-corrected chi connectivity index (χ0v) is 22.8. The minimum absolute atomic E-state index is 0.0529. The molecule has 2 aromatic carbocycles. The molecule has 0 radical (unpaired) electrons. The number of nitrogens with one attached hydrogen (secondary N) is 2. The molecule has 1 heterocycles. The van der Waals surface area contributed by atoms with E-state index in [1.807, 2.05) is 39.0 Å². The highest BCUT2D eigenvalue weighted by Gasteiger charge is 2.36. The first-order chi connectivity index (χ1) is 18.8. The minimum atomic E-state index is -4.92. The van der Waals surface area contributed by atoms with Crippen LogP contribution in [0.4, 0.5) is 29.3 Å². The number of nitrogens with zero attached hydrogens (tertiary/aromatic N) is 2. The molecule has 13 heteroatoms. The van der Waals surface area contributed by atoms with Crippen LogP contribution >= 0.6 is 0 Å². The lowest BCUT2D eigenvalue weighted by molar-refractivity contribution is -0.274. The van der Waals surface area contributed by atoms with Crippen molar-refractivity contribution in [3.05, 3.63) is 53.1 Å². The summed E-state index contributed by atoms with van der Waals surface area (Å²) in [6.07, 6.45) is -4.22. The summed E-state index contributed by atoms with van der Waals surface area (Å²) in [5.41, 5.74) is 14.1. The number of amides is 4. The van der Waals surface area contributed by atoms with Crippen molar-refractivity contribution in [2.24, 2.45) is 5.73 Å². The lowest BCUT2D eigenvalue weighted by Crippen LogP contribution is -2.57. The van der Waals surface area contributed by atoms with Gasteiger partial charge in [0.1, 0.15) is 11.4 Å². The summed E-state index contributed by atoms with van der Waals surface area (Å²) in [5, 5.41) is 5.25. The number of rotatable bonds is 10. The maximum Gasteiger partial charge on any atom is 0.573 e. The number of likely N-dealkylation sites (tertiary alicyclic amines) is 1. The lowest BCUT2D eigenvalue weighted by Gasteiger charge is -2.33. The van der Waals surface area contributed by atoms with E-state index in [0.29, 0.717) is 32.6 Å². The quantitative estimate of drug-likeness (QED) is 0.258. The molecule has 2 aromatic rings. The van der Waals surface area contributed by atoms with Crippen molar-refractivity contribution in [3.63, 3.8) is 0 Å². The molecule has 0 aliphatic carbocycles. The Labute approximate surface area is 231 Å². The van der Waals surface area contributed by atoms with Crippen LogP contribution in [0.3, 0.4) is 0 Å².